The Kier molecular flexibility index (Phi) is 3.06. The summed E-state index contributed by atoms with van der Waals surface area (Å²) in [6.45, 7) is 3.73. The van der Waals surface area contributed by atoms with Crippen LogP contribution in [0.15, 0.2) is 36.9 Å². The van der Waals surface area contributed by atoms with Gasteiger partial charge in [-0.05, 0) is 18.2 Å². The Bertz CT molecular complexity index is 491. The lowest BCUT2D eigenvalue weighted by molar-refractivity contribution is 0.0599. The first-order valence-corrected chi connectivity index (χ1v) is 5.29. The topological polar surface area (TPSA) is 61.8 Å². The lowest BCUT2D eigenvalue weighted by Gasteiger charge is -2.21. The summed E-state index contributed by atoms with van der Waals surface area (Å²) in [5.74, 6) is -0.422. The highest BCUT2D eigenvalue weighted by Crippen LogP contribution is 2.32. The van der Waals surface area contributed by atoms with Gasteiger partial charge in [0.1, 0.15) is 6.61 Å². The van der Waals surface area contributed by atoms with Crippen molar-refractivity contribution < 1.29 is 23.8 Å². The Hall–Kier alpha value is -2.30. The van der Waals surface area contributed by atoms with Crippen LogP contribution in [-0.2, 0) is 19.8 Å². The number of carbonyl (C=O) groups is 2. The predicted octanol–water partition coefficient (Wildman–Crippen LogP) is 2.02. The minimum atomic E-state index is -0.980. The lowest BCUT2D eigenvalue weighted by Crippen LogP contribution is -2.25. The molecule has 1 aromatic carbocycles. The van der Waals surface area contributed by atoms with Crippen LogP contribution in [0.1, 0.15) is 15.9 Å². The quantitative estimate of drug-likeness (QED) is 0.605. The van der Waals surface area contributed by atoms with E-state index in [0.29, 0.717) is 11.1 Å². The van der Waals surface area contributed by atoms with Crippen LogP contribution in [0.3, 0.4) is 0 Å². The van der Waals surface area contributed by atoms with Gasteiger partial charge in [0.2, 0.25) is 0 Å². The molecule has 2 rings (SSSR count). The van der Waals surface area contributed by atoms with Crippen LogP contribution >= 0.6 is 0 Å². The zero-order chi connectivity index (χ0) is 13.2. The molecule has 0 radical (unpaired) electrons. The minimum absolute atomic E-state index is 0.0763. The fraction of sp³-hybridized carbons (Fsp3) is 0.231. The number of hydrogen-bond acceptors (Lipinski definition) is 5. The Balaban J connectivity index is 2.31. The second-order valence-corrected chi connectivity index (χ2v) is 3.80. The first-order valence-electron chi connectivity index (χ1n) is 5.29. The molecule has 0 bridgehead atoms. The monoisotopic (exact) mass is 248 g/mol. The number of ether oxygens (including phenoxy) is 3. The van der Waals surface area contributed by atoms with Gasteiger partial charge in [-0.15, -0.1) is 0 Å². The van der Waals surface area contributed by atoms with E-state index in [1.807, 2.05) is 0 Å². The summed E-state index contributed by atoms with van der Waals surface area (Å²) in [6, 6.07) is 6.54. The number of hydrogen-bond donors (Lipinski definition) is 0. The summed E-state index contributed by atoms with van der Waals surface area (Å²) in [5, 5.41) is 0. The molecule has 0 aromatic heterocycles. The molecule has 1 heterocycles. The number of esters is 1. The van der Waals surface area contributed by atoms with Crippen molar-refractivity contribution in [2.24, 2.45) is 0 Å². The van der Waals surface area contributed by atoms with Gasteiger partial charge < -0.3 is 14.2 Å². The molecule has 5 nitrogen and oxygen atoms in total. The van der Waals surface area contributed by atoms with Crippen LogP contribution in [0.5, 0.6) is 0 Å². The maximum absolute atomic E-state index is 11.3. The molecule has 1 aromatic rings. The van der Waals surface area contributed by atoms with Crippen molar-refractivity contribution in [1.82, 2.24) is 0 Å². The first kappa shape index (κ1) is 12.2. The molecule has 1 unspecified atom stereocenters. The van der Waals surface area contributed by atoms with E-state index >= 15 is 0 Å². The molecule has 1 fully saturated rings. The Morgan fingerprint density at radius 2 is 2.11 bits per heavy atom. The third-order valence-corrected chi connectivity index (χ3v) is 2.79. The maximum atomic E-state index is 11.3. The fourth-order valence-corrected chi connectivity index (χ4v) is 1.74. The number of benzene rings is 1. The molecule has 94 valence electrons. The van der Waals surface area contributed by atoms with E-state index in [2.05, 4.69) is 11.3 Å². The van der Waals surface area contributed by atoms with E-state index in [1.165, 1.54) is 13.2 Å². The zero-order valence-electron chi connectivity index (χ0n) is 9.84. The van der Waals surface area contributed by atoms with E-state index < -0.39 is 17.7 Å². The largest absolute Gasteiger partial charge is 0.509 e. The lowest BCUT2D eigenvalue weighted by atomic mass is 9.94. The second-order valence-electron chi connectivity index (χ2n) is 3.80. The van der Waals surface area contributed by atoms with Crippen molar-refractivity contribution in [2.75, 3.05) is 13.7 Å². The molecule has 0 spiro atoms. The van der Waals surface area contributed by atoms with Gasteiger partial charge in [-0.3, -0.25) is 0 Å². The second kappa shape index (κ2) is 4.52. The molecular formula is C13H12O5. The molecular weight excluding hydrogens is 236 g/mol. The summed E-state index contributed by atoms with van der Waals surface area (Å²) in [6.07, 6.45) is 0.775. The molecule has 1 aliphatic heterocycles. The normalized spacial score (nSPS) is 21.9. The molecule has 18 heavy (non-hydrogen) atoms. The highest BCUT2D eigenvalue weighted by molar-refractivity contribution is 5.89. The molecule has 0 amide bonds. The van der Waals surface area contributed by atoms with Gasteiger partial charge in [-0.2, -0.15) is 0 Å². The molecule has 0 saturated carbocycles. The number of rotatable bonds is 3. The average Bonchev–Trinajstić information content (AvgIpc) is 2.81. The summed E-state index contributed by atoms with van der Waals surface area (Å²) >= 11 is 0. The first-order chi connectivity index (χ1) is 8.61. The van der Waals surface area contributed by atoms with Crippen molar-refractivity contribution in [3.63, 3.8) is 0 Å². The van der Waals surface area contributed by atoms with Crippen molar-refractivity contribution in [2.45, 2.75) is 5.60 Å². The average molecular weight is 248 g/mol. The van der Waals surface area contributed by atoms with Gasteiger partial charge in [0.15, 0.2) is 5.60 Å². The van der Waals surface area contributed by atoms with Gasteiger partial charge in [0, 0.05) is 5.56 Å². The third-order valence-electron chi connectivity index (χ3n) is 2.79. The van der Waals surface area contributed by atoms with Gasteiger partial charge in [0.25, 0.3) is 0 Å². The fourth-order valence-electron chi connectivity index (χ4n) is 1.74. The van der Waals surface area contributed by atoms with Crippen LogP contribution in [0.4, 0.5) is 4.79 Å². The standard InChI is InChI=1S/C13H12O5/c1-3-13(8-17-12(15)18-13)10-6-4-9(5-7-10)11(14)16-2/h3-7H,1,8H2,2H3. The number of methoxy groups -OCH3 is 1. The number of carbonyl (C=O) groups excluding carboxylic acids is 2. The van der Waals surface area contributed by atoms with Crippen molar-refractivity contribution in [3.05, 3.63) is 48.0 Å². The van der Waals surface area contributed by atoms with E-state index in [-0.39, 0.29) is 6.61 Å². The summed E-state index contributed by atoms with van der Waals surface area (Å²) in [4.78, 5) is 22.3. The van der Waals surface area contributed by atoms with Crippen LogP contribution in [-0.4, -0.2) is 25.8 Å². The Morgan fingerprint density at radius 1 is 1.44 bits per heavy atom. The highest BCUT2D eigenvalue weighted by Gasteiger charge is 2.41. The van der Waals surface area contributed by atoms with Gasteiger partial charge in [-0.1, -0.05) is 18.7 Å². The summed E-state index contributed by atoms with van der Waals surface area (Å²) < 4.78 is 14.5. The molecule has 1 aliphatic rings. The van der Waals surface area contributed by atoms with Crippen molar-refractivity contribution >= 4 is 12.1 Å². The van der Waals surface area contributed by atoms with Gasteiger partial charge in [0.05, 0.1) is 12.7 Å². The van der Waals surface area contributed by atoms with Crippen LogP contribution in [0.25, 0.3) is 0 Å². The van der Waals surface area contributed by atoms with Crippen molar-refractivity contribution in [3.8, 4) is 0 Å². The number of cyclic esters (lactones) is 2. The van der Waals surface area contributed by atoms with Crippen LogP contribution in [0.2, 0.25) is 0 Å². The van der Waals surface area contributed by atoms with Crippen LogP contribution < -0.4 is 0 Å². The molecule has 1 saturated heterocycles. The SMILES string of the molecule is C=CC1(c2ccc(C(=O)OC)cc2)COC(=O)O1. The molecule has 0 N–H and O–H groups in total. The van der Waals surface area contributed by atoms with Crippen molar-refractivity contribution in [1.29, 1.82) is 0 Å². The van der Waals surface area contributed by atoms with Gasteiger partial charge >= 0.3 is 12.1 Å². The Morgan fingerprint density at radius 3 is 2.56 bits per heavy atom. The highest BCUT2D eigenvalue weighted by atomic mass is 16.8. The zero-order valence-corrected chi connectivity index (χ0v) is 9.84. The Labute approximate surface area is 104 Å². The molecule has 1 atom stereocenters. The van der Waals surface area contributed by atoms with E-state index in [4.69, 9.17) is 9.47 Å². The smallest absolute Gasteiger partial charge is 0.465 e. The minimum Gasteiger partial charge on any atom is -0.465 e. The molecule has 5 heteroatoms. The maximum Gasteiger partial charge on any atom is 0.509 e. The van der Waals surface area contributed by atoms with E-state index in [0.717, 1.165) is 0 Å². The predicted molar refractivity (Wildman–Crippen MR) is 62.1 cm³/mol. The van der Waals surface area contributed by atoms with Gasteiger partial charge in [-0.25, -0.2) is 9.59 Å². The van der Waals surface area contributed by atoms with E-state index in [1.54, 1.807) is 24.3 Å². The summed E-state index contributed by atoms with van der Waals surface area (Å²) in [7, 11) is 1.31. The third kappa shape index (κ3) is 1.95. The summed E-state index contributed by atoms with van der Waals surface area (Å²) in [5.41, 5.74) is 0.132. The van der Waals surface area contributed by atoms with Crippen LogP contribution in [0, 0.1) is 0 Å². The molecule has 0 aliphatic carbocycles. The van der Waals surface area contributed by atoms with E-state index in [9.17, 15) is 9.59 Å².